The van der Waals surface area contributed by atoms with E-state index in [0.717, 1.165) is 11.4 Å². The fourth-order valence-corrected chi connectivity index (χ4v) is 8.12. The van der Waals surface area contributed by atoms with E-state index in [1.807, 2.05) is 0 Å². The molecule has 0 aromatic heterocycles. The summed E-state index contributed by atoms with van der Waals surface area (Å²) in [5.41, 5.74) is 27.7. The Balaban J connectivity index is 1.08. The van der Waals surface area contributed by atoms with Crippen LogP contribution in [0.4, 0.5) is 34.1 Å². The van der Waals surface area contributed by atoms with E-state index in [9.17, 15) is 0 Å². The maximum Gasteiger partial charge on any atom is 0.0493 e. The van der Waals surface area contributed by atoms with Crippen molar-refractivity contribution >= 4 is 58.4 Å². The van der Waals surface area contributed by atoms with Crippen LogP contribution in [0.15, 0.2) is 121 Å². The number of benzene rings is 7. The Labute approximate surface area is 360 Å². The summed E-state index contributed by atoms with van der Waals surface area (Å²) in [6.45, 7) is 26.7. The Kier molecular flexibility index (Phi) is 12.2. The summed E-state index contributed by atoms with van der Waals surface area (Å²) in [4.78, 5) is 4.85. The molecule has 0 saturated carbocycles. The lowest BCUT2D eigenvalue weighted by Gasteiger charge is -2.30. The summed E-state index contributed by atoms with van der Waals surface area (Å²) in [6.07, 6.45) is 8.79. The normalized spacial score (nSPS) is 11.5. The molecule has 0 spiro atoms. The third kappa shape index (κ3) is 8.38. The molecule has 302 valence electrons. The Morgan fingerprint density at radius 1 is 0.233 bits per heavy atom. The monoisotopic (exact) mass is 784 g/mol. The van der Waals surface area contributed by atoms with Gasteiger partial charge in [0.1, 0.15) is 0 Å². The van der Waals surface area contributed by atoms with Crippen molar-refractivity contribution in [2.24, 2.45) is 0 Å². The molecule has 7 aromatic carbocycles. The maximum atomic E-state index is 2.42. The van der Waals surface area contributed by atoms with E-state index in [0.29, 0.717) is 0 Å². The van der Waals surface area contributed by atoms with Crippen LogP contribution in [0.25, 0.3) is 24.3 Å². The first-order chi connectivity index (χ1) is 28.7. The van der Waals surface area contributed by atoms with Gasteiger partial charge in [0.15, 0.2) is 0 Å². The van der Waals surface area contributed by atoms with Gasteiger partial charge in [-0.3, -0.25) is 0 Å². The van der Waals surface area contributed by atoms with Crippen LogP contribution in [-0.4, -0.2) is 0 Å². The van der Waals surface area contributed by atoms with Gasteiger partial charge in [-0.2, -0.15) is 0 Å². The third-order valence-corrected chi connectivity index (χ3v) is 13.3. The molecule has 0 N–H and O–H groups in total. The summed E-state index contributed by atoms with van der Waals surface area (Å²) in [5, 5.41) is 0. The molecule has 0 bridgehead atoms. The second-order valence-electron chi connectivity index (χ2n) is 16.8. The molecule has 7 aromatic rings. The minimum Gasteiger partial charge on any atom is -0.310 e. The van der Waals surface area contributed by atoms with Crippen LogP contribution in [-0.2, 0) is 0 Å². The summed E-state index contributed by atoms with van der Waals surface area (Å²) in [5.74, 6) is 0. The minimum atomic E-state index is 1.15. The van der Waals surface area contributed by atoms with Crippen LogP contribution in [0.2, 0.25) is 0 Å². The summed E-state index contributed by atoms with van der Waals surface area (Å²) in [6, 6.07) is 44.7. The SMILES string of the molecule is Cc1ccc(N(c2ccc(/C=C/c3ccc(/C=C/c4ccc(N(c5ccc(C)c(C)c5C)c5ccc(C)c(C)c5C)cc4)cc3)cc2)c2ccc(C)c(C)c2C)c(C)c1C. The van der Waals surface area contributed by atoms with Gasteiger partial charge in [-0.25, -0.2) is 0 Å². The molecule has 0 heterocycles. The predicted molar refractivity (Wildman–Crippen MR) is 263 cm³/mol. The van der Waals surface area contributed by atoms with Gasteiger partial charge in [0.05, 0.1) is 0 Å². The third-order valence-electron chi connectivity index (χ3n) is 13.3. The predicted octanol–water partition coefficient (Wildman–Crippen LogP) is 16.7. The Bertz CT molecular complexity index is 2440. The lowest BCUT2D eigenvalue weighted by molar-refractivity contribution is 1.16. The molecule has 2 heteroatoms. The van der Waals surface area contributed by atoms with Crippen molar-refractivity contribution in [1.82, 2.24) is 0 Å². The molecule has 0 radical (unpaired) electrons. The van der Waals surface area contributed by atoms with Gasteiger partial charge >= 0.3 is 0 Å². The van der Waals surface area contributed by atoms with E-state index in [1.54, 1.807) is 0 Å². The largest absolute Gasteiger partial charge is 0.310 e. The lowest BCUT2D eigenvalue weighted by Crippen LogP contribution is -2.14. The van der Waals surface area contributed by atoms with Gasteiger partial charge in [0, 0.05) is 34.1 Å². The number of hydrogen-bond donors (Lipinski definition) is 0. The van der Waals surface area contributed by atoms with Crippen LogP contribution < -0.4 is 9.80 Å². The fourth-order valence-electron chi connectivity index (χ4n) is 8.12. The van der Waals surface area contributed by atoms with Gasteiger partial charge in [0.2, 0.25) is 0 Å². The van der Waals surface area contributed by atoms with Crippen molar-refractivity contribution in [2.45, 2.75) is 83.1 Å². The topological polar surface area (TPSA) is 6.48 Å². The fraction of sp³-hybridized carbons (Fsp3) is 0.207. The van der Waals surface area contributed by atoms with Crippen LogP contribution in [0.5, 0.6) is 0 Å². The summed E-state index contributed by atoms with van der Waals surface area (Å²) >= 11 is 0. The highest BCUT2D eigenvalue weighted by Gasteiger charge is 2.21. The van der Waals surface area contributed by atoms with Crippen molar-refractivity contribution in [3.8, 4) is 0 Å². The molecular formula is C58H60N2. The van der Waals surface area contributed by atoms with E-state index in [4.69, 9.17) is 0 Å². The smallest absolute Gasteiger partial charge is 0.0493 e. The zero-order valence-electron chi connectivity index (χ0n) is 37.8. The van der Waals surface area contributed by atoms with Gasteiger partial charge < -0.3 is 9.80 Å². The average Bonchev–Trinajstić information content (AvgIpc) is 3.25. The zero-order valence-corrected chi connectivity index (χ0v) is 37.8. The van der Waals surface area contributed by atoms with Gasteiger partial charge in [-0.05, 0) is 221 Å². The molecule has 7 rings (SSSR count). The van der Waals surface area contributed by atoms with Gasteiger partial charge in [0.25, 0.3) is 0 Å². The van der Waals surface area contributed by atoms with E-state index >= 15 is 0 Å². The van der Waals surface area contributed by atoms with Crippen molar-refractivity contribution < 1.29 is 0 Å². The molecule has 0 aliphatic heterocycles. The standard InChI is InChI=1S/C58H60N2/c1-37-13-33-55(45(9)41(37)5)59(56-34-14-38(2)42(6)46(56)10)53-29-25-51(26-30-53)23-21-49-17-19-50(20-18-49)22-24-52-27-31-54(32-28-52)60(57-35-15-39(3)43(7)47(57)11)58-36-16-40(4)44(8)48(58)12/h13-36H,1-12H3/b23-21+,24-22+. The van der Waals surface area contributed by atoms with E-state index < -0.39 is 0 Å². The quantitative estimate of drug-likeness (QED) is 0.127. The lowest BCUT2D eigenvalue weighted by atomic mass is 9.98. The first kappa shape index (κ1) is 41.8. The Morgan fingerprint density at radius 3 is 0.650 bits per heavy atom. The second-order valence-corrected chi connectivity index (χ2v) is 16.8. The van der Waals surface area contributed by atoms with Crippen molar-refractivity contribution in [3.63, 3.8) is 0 Å². The molecule has 0 unspecified atom stereocenters. The zero-order chi connectivity index (χ0) is 42.8. The first-order valence-corrected chi connectivity index (χ1v) is 21.3. The molecule has 0 amide bonds. The van der Waals surface area contributed by atoms with Crippen LogP contribution >= 0.6 is 0 Å². The minimum absolute atomic E-state index is 1.15. The molecule has 0 saturated heterocycles. The van der Waals surface area contributed by atoms with Crippen LogP contribution in [0, 0.1) is 83.1 Å². The number of nitrogens with zero attached hydrogens (tertiary/aromatic N) is 2. The Morgan fingerprint density at radius 2 is 0.433 bits per heavy atom. The first-order valence-electron chi connectivity index (χ1n) is 21.3. The van der Waals surface area contributed by atoms with E-state index in [-0.39, 0.29) is 0 Å². The second kappa shape index (κ2) is 17.5. The molecule has 2 nitrogen and oxygen atoms in total. The van der Waals surface area contributed by atoms with Gasteiger partial charge in [-0.1, -0.05) is 97.1 Å². The molecule has 0 aliphatic rings. The highest BCUT2D eigenvalue weighted by Crippen LogP contribution is 2.42. The molecule has 60 heavy (non-hydrogen) atoms. The van der Waals surface area contributed by atoms with E-state index in [1.165, 1.54) is 112 Å². The van der Waals surface area contributed by atoms with Crippen LogP contribution in [0.3, 0.4) is 0 Å². The maximum absolute atomic E-state index is 2.42. The number of aryl methyl sites for hydroxylation is 4. The number of rotatable bonds is 10. The number of hydrogen-bond acceptors (Lipinski definition) is 2. The van der Waals surface area contributed by atoms with Crippen molar-refractivity contribution in [2.75, 3.05) is 9.80 Å². The highest BCUT2D eigenvalue weighted by atomic mass is 15.2. The van der Waals surface area contributed by atoms with Crippen molar-refractivity contribution in [3.05, 3.63) is 210 Å². The average molecular weight is 785 g/mol. The van der Waals surface area contributed by atoms with Crippen molar-refractivity contribution in [1.29, 1.82) is 0 Å². The Hall–Kier alpha value is -6.38. The highest BCUT2D eigenvalue weighted by molar-refractivity contribution is 5.84. The van der Waals surface area contributed by atoms with Gasteiger partial charge in [-0.15, -0.1) is 0 Å². The van der Waals surface area contributed by atoms with E-state index in [2.05, 4.69) is 239 Å². The number of anilines is 6. The molecule has 0 atom stereocenters. The van der Waals surface area contributed by atoms with Crippen LogP contribution in [0.1, 0.15) is 89.0 Å². The molecule has 0 aliphatic carbocycles. The molecule has 0 fully saturated rings. The summed E-state index contributed by atoms with van der Waals surface area (Å²) < 4.78 is 0. The summed E-state index contributed by atoms with van der Waals surface area (Å²) in [7, 11) is 0. The molecular weight excluding hydrogens is 725 g/mol.